The normalized spacial score (nSPS) is 26.8. The predicted octanol–water partition coefficient (Wildman–Crippen LogP) is 1.81. The molecule has 2 heterocycles. The van der Waals surface area contributed by atoms with Gasteiger partial charge < -0.3 is 15.5 Å². The minimum Gasteiger partial charge on any atom is -0.329 e. The third-order valence-electron chi connectivity index (χ3n) is 4.04. The molecule has 0 saturated carbocycles. The largest absolute Gasteiger partial charge is 0.329 e. The van der Waals surface area contributed by atoms with Crippen molar-refractivity contribution in [3.63, 3.8) is 0 Å². The Labute approximate surface area is 114 Å². The van der Waals surface area contributed by atoms with Gasteiger partial charge in [-0.2, -0.15) is 0 Å². The molecule has 2 saturated heterocycles. The molecule has 0 aromatic heterocycles. The van der Waals surface area contributed by atoms with E-state index in [1.165, 1.54) is 24.0 Å². The molecule has 0 spiro atoms. The van der Waals surface area contributed by atoms with Gasteiger partial charge in [0, 0.05) is 19.1 Å². The number of hydrogen-bond donors (Lipinski definition) is 2. The van der Waals surface area contributed by atoms with Crippen LogP contribution in [0, 0.1) is 6.92 Å². The first kappa shape index (κ1) is 12.5. The Morgan fingerprint density at radius 2 is 2.32 bits per heavy atom. The molecular weight excluding hydrogens is 238 g/mol. The second-order valence-electron chi connectivity index (χ2n) is 5.61. The fourth-order valence-corrected chi connectivity index (χ4v) is 3.00. The van der Waals surface area contributed by atoms with Crippen molar-refractivity contribution >= 4 is 6.03 Å². The maximum Gasteiger partial charge on any atom is 0.318 e. The summed E-state index contributed by atoms with van der Waals surface area (Å²) in [5.41, 5.74) is 2.44. The van der Waals surface area contributed by atoms with E-state index in [-0.39, 0.29) is 12.1 Å². The summed E-state index contributed by atoms with van der Waals surface area (Å²) in [5.74, 6) is 0. The topological polar surface area (TPSA) is 44.4 Å². The van der Waals surface area contributed by atoms with E-state index in [9.17, 15) is 4.79 Å². The molecule has 3 rings (SSSR count). The van der Waals surface area contributed by atoms with Crippen LogP contribution < -0.4 is 10.6 Å². The van der Waals surface area contributed by atoms with E-state index in [1.54, 1.807) is 0 Å². The van der Waals surface area contributed by atoms with Crippen LogP contribution in [0.25, 0.3) is 0 Å². The van der Waals surface area contributed by atoms with E-state index < -0.39 is 0 Å². The van der Waals surface area contributed by atoms with Crippen molar-refractivity contribution < 1.29 is 4.79 Å². The average molecular weight is 259 g/mol. The fourth-order valence-electron chi connectivity index (χ4n) is 3.00. The predicted molar refractivity (Wildman–Crippen MR) is 75.0 cm³/mol. The second kappa shape index (κ2) is 5.21. The molecule has 2 atom stereocenters. The van der Waals surface area contributed by atoms with Crippen LogP contribution in [0.3, 0.4) is 0 Å². The fraction of sp³-hybridized carbons (Fsp3) is 0.533. The van der Waals surface area contributed by atoms with E-state index in [2.05, 4.69) is 41.8 Å². The SMILES string of the molecule is Cc1cccc(C2CN(CC3CCCN3)C(=O)N2)c1. The van der Waals surface area contributed by atoms with Crippen molar-refractivity contribution in [2.24, 2.45) is 0 Å². The summed E-state index contributed by atoms with van der Waals surface area (Å²) < 4.78 is 0. The highest BCUT2D eigenvalue weighted by atomic mass is 16.2. The molecule has 0 aliphatic carbocycles. The number of aryl methyl sites for hydroxylation is 1. The lowest BCUT2D eigenvalue weighted by molar-refractivity contribution is 0.213. The molecule has 2 N–H and O–H groups in total. The van der Waals surface area contributed by atoms with Gasteiger partial charge in [0.05, 0.1) is 6.04 Å². The maximum atomic E-state index is 12.0. The molecule has 19 heavy (non-hydrogen) atoms. The van der Waals surface area contributed by atoms with Crippen molar-refractivity contribution in [3.8, 4) is 0 Å². The Morgan fingerprint density at radius 1 is 1.42 bits per heavy atom. The number of nitrogens with one attached hydrogen (secondary N) is 2. The molecule has 2 unspecified atom stereocenters. The summed E-state index contributed by atoms with van der Waals surface area (Å²) in [6, 6.07) is 9.06. The number of rotatable bonds is 3. The number of urea groups is 1. The van der Waals surface area contributed by atoms with E-state index in [0.717, 1.165) is 19.6 Å². The Hall–Kier alpha value is -1.55. The summed E-state index contributed by atoms with van der Waals surface area (Å²) >= 11 is 0. The smallest absolute Gasteiger partial charge is 0.318 e. The number of benzene rings is 1. The van der Waals surface area contributed by atoms with Gasteiger partial charge in [-0.3, -0.25) is 0 Å². The standard InChI is InChI=1S/C15H21N3O/c1-11-4-2-5-12(8-11)14-10-18(15(19)17-14)9-13-6-3-7-16-13/h2,4-5,8,13-14,16H,3,6-7,9-10H2,1H3,(H,17,19). The number of hydrogen-bond acceptors (Lipinski definition) is 2. The Bertz CT molecular complexity index is 468. The lowest BCUT2D eigenvalue weighted by atomic mass is 10.1. The number of nitrogens with zero attached hydrogens (tertiary/aromatic N) is 1. The van der Waals surface area contributed by atoms with Gasteiger partial charge in [0.25, 0.3) is 0 Å². The highest BCUT2D eigenvalue weighted by Gasteiger charge is 2.31. The molecule has 1 aromatic carbocycles. The molecular formula is C15H21N3O. The lowest BCUT2D eigenvalue weighted by Gasteiger charge is -2.19. The summed E-state index contributed by atoms with van der Waals surface area (Å²) in [4.78, 5) is 14.0. The van der Waals surface area contributed by atoms with Gasteiger partial charge in [-0.25, -0.2) is 4.79 Å². The maximum absolute atomic E-state index is 12.0. The molecule has 4 heteroatoms. The highest BCUT2D eigenvalue weighted by Crippen LogP contribution is 2.22. The summed E-state index contributed by atoms with van der Waals surface area (Å²) in [5, 5.41) is 6.53. The van der Waals surface area contributed by atoms with Crippen molar-refractivity contribution in [1.29, 1.82) is 0 Å². The van der Waals surface area contributed by atoms with Crippen molar-refractivity contribution in [2.75, 3.05) is 19.6 Å². The Kier molecular flexibility index (Phi) is 3.42. The highest BCUT2D eigenvalue weighted by molar-refractivity contribution is 5.77. The van der Waals surface area contributed by atoms with E-state index >= 15 is 0 Å². The molecule has 0 radical (unpaired) electrons. The quantitative estimate of drug-likeness (QED) is 0.869. The molecule has 2 aliphatic heterocycles. The monoisotopic (exact) mass is 259 g/mol. The Morgan fingerprint density at radius 3 is 3.05 bits per heavy atom. The molecule has 2 amide bonds. The van der Waals surface area contributed by atoms with Crippen LogP contribution >= 0.6 is 0 Å². The summed E-state index contributed by atoms with van der Waals surface area (Å²) in [7, 11) is 0. The third-order valence-corrected chi connectivity index (χ3v) is 4.04. The van der Waals surface area contributed by atoms with Gasteiger partial charge in [0.1, 0.15) is 0 Å². The van der Waals surface area contributed by atoms with E-state index in [1.807, 2.05) is 4.90 Å². The third kappa shape index (κ3) is 2.73. The first-order valence-corrected chi connectivity index (χ1v) is 7.08. The van der Waals surface area contributed by atoms with E-state index in [4.69, 9.17) is 0 Å². The zero-order chi connectivity index (χ0) is 13.2. The molecule has 4 nitrogen and oxygen atoms in total. The van der Waals surface area contributed by atoms with Gasteiger partial charge >= 0.3 is 6.03 Å². The molecule has 2 fully saturated rings. The zero-order valence-corrected chi connectivity index (χ0v) is 11.4. The first-order chi connectivity index (χ1) is 9.22. The number of carbonyl (C=O) groups excluding carboxylic acids is 1. The average Bonchev–Trinajstić information content (AvgIpc) is 3.01. The molecule has 1 aromatic rings. The van der Waals surface area contributed by atoms with Crippen LogP contribution in [0.15, 0.2) is 24.3 Å². The molecule has 102 valence electrons. The van der Waals surface area contributed by atoms with Crippen molar-refractivity contribution in [1.82, 2.24) is 15.5 Å². The van der Waals surface area contributed by atoms with Crippen LogP contribution in [0.1, 0.15) is 30.0 Å². The van der Waals surface area contributed by atoms with Crippen LogP contribution in [0.5, 0.6) is 0 Å². The minimum atomic E-state index is 0.0696. The summed E-state index contributed by atoms with van der Waals surface area (Å²) in [6.45, 7) is 4.77. The molecule has 2 aliphatic rings. The van der Waals surface area contributed by atoms with E-state index in [0.29, 0.717) is 6.04 Å². The molecule has 0 bridgehead atoms. The van der Waals surface area contributed by atoms with Crippen LogP contribution in [-0.4, -0.2) is 36.6 Å². The van der Waals surface area contributed by atoms with Gasteiger partial charge in [-0.15, -0.1) is 0 Å². The van der Waals surface area contributed by atoms with Gasteiger partial charge in [-0.1, -0.05) is 29.8 Å². The van der Waals surface area contributed by atoms with Crippen LogP contribution in [0.2, 0.25) is 0 Å². The number of carbonyl (C=O) groups is 1. The van der Waals surface area contributed by atoms with Crippen LogP contribution in [0.4, 0.5) is 4.79 Å². The van der Waals surface area contributed by atoms with Gasteiger partial charge in [0.2, 0.25) is 0 Å². The first-order valence-electron chi connectivity index (χ1n) is 7.08. The van der Waals surface area contributed by atoms with Crippen LogP contribution in [-0.2, 0) is 0 Å². The Balaban J connectivity index is 1.65. The van der Waals surface area contributed by atoms with Crippen molar-refractivity contribution in [3.05, 3.63) is 35.4 Å². The summed E-state index contributed by atoms with van der Waals surface area (Å²) in [6.07, 6.45) is 2.40. The zero-order valence-electron chi connectivity index (χ0n) is 11.4. The minimum absolute atomic E-state index is 0.0696. The lowest BCUT2D eigenvalue weighted by Crippen LogP contribution is -2.39. The van der Waals surface area contributed by atoms with Crippen molar-refractivity contribution in [2.45, 2.75) is 31.8 Å². The van der Waals surface area contributed by atoms with Gasteiger partial charge in [-0.05, 0) is 31.9 Å². The van der Waals surface area contributed by atoms with Gasteiger partial charge in [0.15, 0.2) is 0 Å². The second-order valence-corrected chi connectivity index (χ2v) is 5.61. The number of amides is 2.